The summed E-state index contributed by atoms with van der Waals surface area (Å²) in [6, 6.07) is 0. The Balaban J connectivity index is 4.55. The van der Waals surface area contributed by atoms with Crippen molar-refractivity contribution in [3.8, 4) is 0 Å². The predicted molar refractivity (Wildman–Crippen MR) is 55.5 cm³/mol. The van der Waals surface area contributed by atoms with Gasteiger partial charge in [0.05, 0.1) is 0 Å². The number of allylic oxidation sites excluding steroid dienone is 3. The first-order valence-electron chi connectivity index (χ1n) is 4.35. The van der Waals surface area contributed by atoms with E-state index in [4.69, 9.17) is 0 Å². The Bertz CT molecular complexity index is 185. The topological polar surface area (TPSA) is 3.24 Å². The van der Waals surface area contributed by atoms with Gasteiger partial charge in [0.25, 0.3) is 0 Å². The highest BCUT2D eigenvalue weighted by atomic mass is 15.1. The first-order chi connectivity index (χ1) is 5.54. The van der Waals surface area contributed by atoms with Crippen LogP contribution in [0.15, 0.2) is 36.8 Å². The lowest BCUT2D eigenvalue weighted by molar-refractivity contribution is 0.499. The average molecular weight is 165 g/mol. The third-order valence-electron chi connectivity index (χ3n) is 1.83. The Morgan fingerprint density at radius 2 is 1.33 bits per heavy atom. The lowest BCUT2D eigenvalue weighted by Gasteiger charge is -2.27. The van der Waals surface area contributed by atoms with Gasteiger partial charge in [-0.25, -0.2) is 0 Å². The molecule has 0 spiro atoms. The highest BCUT2D eigenvalue weighted by Crippen LogP contribution is 2.20. The Kier molecular flexibility index (Phi) is 4.42. The third-order valence-corrected chi connectivity index (χ3v) is 1.83. The Morgan fingerprint density at radius 3 is 1.50 bits per heavy atom. The summed E-state index contributed by atoms with van der Waals surface area (Å²) < 4.78 is 0. The highest BCUT2D eigenvalue weighted by molar-refractivity contribution is 5.15. The minimum Gasteiger partial charge on any atom is -0.324 e. The molecule has 0 radical (unpaired) electrons. The summed E-state index contributed by atoms with van der Waals surface area (Å²) in [4.78, 5) is 2.03. The number of hydrogen-bond donors (Lipinski definition) is 0. The minimum absolute atomic E-state index is 0.936. The maximum absolute atomic E-state index is 3.97. The molecule has 1 nitrogen and oxygen atoms in total. The molecule has 0 saturated heterocycles. The zero-order valence-corrected chi connectivity index (χ0v) is 8.48. The van der Waals surface area contributed by atoms with Crippen molar-refractivity contribution < 1.29 is 0 Å². The molecule has 0 unspecified atom stereocenters. The van der Waals surface area contributed by atoms with Crippen molar-refractivity contribution >= 4 is 0 Å². The van der Waals surface area contributed by atoms with Gasteiger partial charge in [-0.1, -0.05) is 33.6 Å². The number of nitrogens with zero attached hydrogens (tertiary/aromatic N) is 1. The van der Waals surface area contributed by atoms with Crippen molar-refractivity contribution in [3.05, 3.63) is 36.8 Å². The molecule has 1 heteroatoms. The molecule has 0 aliphatic rings. The van der Waals surface area contributed by atoms with E-state index < -0.39 is 0 Å². The van der Waals surface area contributed by atoms with Crippen LogP contribution in [0.5, 0.6) is 0 Å². The van der Waals surface area contributed by atoms with Crippen LogP contribution >= 0.6 is 0 Å². The van der Waals surface area contributed by atoms with Gasteiger partial charge in [0.2, 0.25) is 0 Å². The minimum atomic E-state index is 0.936. The molecule has 0 fully saturated rings. The van der Waals surface area contributed by atoms with Crippen LogP contribution in [0.1, 0.15) is 33.6 Å². The molecule has 0 amide bonds. The molecule has 12 heavy (non-hydrogen) atoms. The molecule has 0 aromatic rings. The number of hydrogen-bond acceptors (Lipinski definition) is 1. The summed E-state index contributed by atoms with van der Waals surface area (Å²) in [6.07, 6.45) is 1.87. The fraction of sp³-hybridized carbons (Fsp3) is 0.455. The first kappa shape index (κ1) is 11.0. The van der Waals surface area contributed by atoms with Crippen molar-refractivity contribution in [2.45, 2.75) is 33.6 Å². The van der Waals surface area contributed by atoms with Gasteiger partial charge in [0, 0.05) is 17.1 Å². The van der Waals surface area contributed by atoms with E-state index in [1.54, 1.807) is 0 Å². The van der Waals surface area contributed by atoms with Gasteiger partial charge in [0.1, 0.15) is 0 Å². The molecule has 0 bridgehead atoms. The normalized spacial score (nSPS) is 9.25. The zero-order valence-electron chi connectivity index (χ0n) is 8.48. The largest absolute Gasteiger partial charge is 0.324 e. The third kappa shape index (κ3) is 2.57. The van der Waals surface area contributed by atoms with E-state index in [-0.39, 0.29) is 0 Å². The Morgan fingerprint density at radius 1 is 1.00 bits per heavy atom. The summed E-state index contributed by atoms with van der Waals surface area (Å²) >= 11 is 0. The van der Waals surface area contributed by atoms with Gasteiger partial charge in [0.15, 0.2) is 0 Å². The van der Waals surface area contributed by atoms with Crippen molar-refractivity contribution in [1.29, 1.82) is 0 Å². The van der Waals surface area contributed by atoms with Crippen molar-refractivity contribution in [3.63, 3.8) is 0 Å². The van der Waals surface area contributed by atoms with Crippen LogP contribution < -0.4 is 0 Å². The predicted octanol–water partition coefficient (Wildman–Crippen LogP) is 3.67. The summed E-state index contributed by atoms with van der Waals surface area (Å²) in [7, 11) is 0. The van der Waals surface area contributed by atoms with E-state index in [0.29, 0.717) is 0 Å². The van der Waals surface area contributed by atoms with Gasteiger partial charge in [-0.05, 0) is 19.8 Å². The number of rotatable bonds is 5. The lowest BCUT2D eigenvalue weighted by Crippen LogP contribution is -2.17. The molecule has 0 atom stereocenters. The summed E-state index contributed by atoms with van der Waals surface area (Å²) in [6.45, 7) is 18.0. The second-order valence-electron chi connectivity index (χ2n) is 2.91. The Labute approximate surface area is 76.1 Å². The summed E-state index contributed by atoms with van der Waals surface area (Å²) in [5.41, 5.74) is 3.12. The van der Waals surface area contributed by atoms with Gasteiger partial charge >= 0.3 is 0 Å². The average Bonchev–Trinajstić information content (AvgIpc) is 2.03. The second-order valence-corrected chi connectivity index (χ2v) is 2.91. The van der Waals surface area contributed by atoms with Crippen LogP contribution in [0, 0.1) is 0 Å². The monoisotopic (exact) mass is 165 g/mol. The van der Waals surface area contributed by atoms with Crippen LogP contribution in [0.4, 0.5) is 0 Å². The summed E-state index contributed by atoms with van der Waals surface area (Å²) in [5, 5.41) is 0. The van der Waals surface area contributed by atoms with Gasteiger partial charge in [-0.2, -0.15) is 0 Å². The molecule has 0 rings (SSSR count). The van der Waals surface area contributed by atoms with E-state index >= 15 is 0 Å². The fourth-order valence-electron chi connectivity index (χ4n) is 1.08. The van der Waals surface area contributed by atoms with E-state index in [1.165, 1.54) is 0 Å². The lowest BCUT2D eigenvalue weighted by atomic mass is 10.2. The van der Waals surface area contributed by atoms with Crippen molar-refractivity contribution in [2.75, 3.05) is 0 Å². The van der Waals surface area contributed by atoms with Crippen LogP contribution in [-0.4, -0.2) is 4.90 Å². The van der Waals surface area contributed by atoms with Gasteiger partial charge < -0.3 is 4.90 Å². The molecule has 0 aromatic heterocycles. The SMILES string of the molecule is C=C(C)N(C(=C)CC)C(=C)CC. The highest BCUT2D eigenvalue weighted by Gasteiger charge is 2.08. The smallest absolute Gasteiger partial charge is 0.0151 e. The quantitative estimate of drug-likeness (QED) is 0.600. The maximum atomic E-state index is 3.97. The van der Waals surface area contributed by atoms with Gasteiger partial charge in [-0.15, -0.1) is 0 Å². The first-order valence-corrected chi connectivity index (χ1v) is 4.35. The standard InChI is InChI=1S/C11H19N/c1-7-10(5)12(9(3)4)11(6)8-2/h3,5-8H2,1-2,4H3. The van der Waals surface area contributed by atoms with Gasteiger partial charge in [-0.3, -0.25) is 0 Å². The van der Waals surface area contributed by atoms with E-state index in [9.17, 15) is 0 Å². The molecule has 0 heterocycles. The fourth-order valence-corrected chi connectivity index (χ4v) is 1.08. The van der Waals surface area contributed by atoms with Crippen molar-refractivity contribution in [2.24, 2.45) is 0 Å². The molecular formula is C11H19N. The molecule has 0 aromatic carbocycles. The van der Waals surface area contributed by atoms with E-state index in [2.05, 4.69) is 33.6 Å². The molecule has 68 valence electrons. The molecule has 0 aliphatic heterocycles. The van der Waals surface area contributed by atoms with Crippen LogP contribution in [0.3, 0.4) is 0 Å². The molecule has 0 N–H and O–H groups in total. The second kappa shape index (κ2) is 4.81. The van der Waals surface area contributed by atoms with E-state index in [0.717, 1.165) is 29.9 Å². The van der Waals surface area contributed by atoms with Crippen LogP contribution in [-0.2, 0) is 0 Å². The molecular weight excluding hydrogens is 146 g/mol. The maximum Gasteiger partial charge on any atom is 0.0151 e. The van der Waals surface area contributed by atoms with Crippen molar-refractivity contribution in [1.82, 2.24) is 4.90 Å². The van der Waals surface area contributed by atoms with Crippen LogP contribution in [0.25, 0.3) is 0 Å². The van der Waals surface area contributed by atoms with Crippen LogP contribution in [0.2, 0.25) is 0 Å². The van der Waals surface area contributed by atoms with E-state index in [1.807, 2.05) is 11.8 Å². The Hall–Kier alpha value is -0.980. The summed E-state index contributed by atoms with van der Waals surface area (Å²) in [5.74, 6) is 0. The molecule has 0 aliphatic carbocycles. The zero-order chi connectivity index (χ0) is 9.72. The molecule has 0 saturated carbocycles.